The number of aromatic nitrogens is 1. The van der Waals surface area contributed by atoms with E-state index in [1.54, 1.807) is 24.2 Å². The van der Waals surface area contributed by atoms with Gasteiger partial charge in [0.25, 0.3) is 0 Å². The van der Waals surface area contributed by atoms with Crippen molar-refractivity contribution in [3.63, 3.8) is 0 Å². The Morgan fingerprint density at radius 3 is 2.75 bits per heavy atom. The fraction of sp³-hybridized carbons (Fsp3) is 0.214. The maximum atomic E-state index is 5.89. The number of halogens is 1. The Morgan fingerprint density at radius 1 is 1.25 bits per heavy atom. The van der Waals surface area contributed by atoms with Gasteiger partial charge in [-0.1, -0.05) is 15.9 Å². The molecule has 2 heterocycles. The first-order chi connectivity index (χ1) is 9.74. The molecule has 0 spiro atoms. The van der Waals surface area contributed by atoms with Gasteiger partial charge in [0.05, 0.1) is 11.9 Å². The minimum Gasteiger partial charge on any atom is -0.486 e. The molecule has 1 aromatic carbocycles. The zero-order valence-corrected chi connectivity index (χ0v) is 13.0. The van der Waals surface area contributed by atoms with Crippen LogP contribution in [0.1, 0.15) is 5.56 Å². The summed E-state index contributed by atoms with van der Waals surface area (Å²) in [5.74, 6) is 2.39. The number of ether oxygens (including phenoxy) is 2. The van der Waals surface area contributed by atoms with Crippen molar-refractivity contribution >= 4 is 33.4 Å². The number of nitrogen functional groups attached to an aromatic ring is 1. The highest BCUT2D eigenvalue weighted by Gasteiger charge is 2.15. The molecule has 104 valence electrons. The van der Waals surface area contributed by atoms with Crippen molar-refractivity contribution in [1.82, 2.24) is 4.98 Å². The lowest BCUT2D eigenvalue weighted by molar-refractivity contribution is 0.171. The van der Waals surface area contributed by atoms with E-state index < -0.39 is 0 Å². The Balaban J connectivity index is 1.79. The van der Waals surface area contributed by atoms with Gasteiger partial charge in [-0.25, -0.2) is 0 Å². The summed E-state index contributed by atoms with van der Waals surface area (Å²) in [5, 5.41) is 0. The van der Waals surface area contributed by atoms with Crippen molar-refractivity contribution in [2.45, 2.75) is 10.6 Å². The van der Waals surface area contributed by atoms with Gasteiger partial charge in [0.1, 0.15) is 13.2 Å². The molecule has 0 saturated heterocycles. The minimum atomic E-state index is 0.596. The number of thioether (sulfide) groups is 1. The van der Waals surface area contributed by atoms with Crippen LogP contribution in [-0.2, 0) is 5.75 Å². The predicted octanol–water partition coefficient (Wildman–Crippen LogP) is 3.49. The number of rotatable bonds is 3. The van der Waals surface area contributed by atoms with E-state index in [0.29, 0.717) is 18.9 Å². The monoisotopic (exact) mass is 352 g/mol. The largest absolute Gasteiger partial charge is 0.486 e. The Hall–Kier alpha value is -1.40. The standard InChI is InChI=1S/C14H13BrN2O2S/c15-10-6-13-12(18-3-4-19-13)5-9(10)8-20-14-1-2-17-7-11(14)16/h1-2,5-7H,3-4,8,16H2. The van der Waals surface area contributed by atoms with Crippen molar-refractivity contribution in [2.24, 2.45) is 0 Å². The lowest BCUT2D eigenvalue weighted by Crippen LogP contribution is -2.15. The van der Waals surface area contributed by atoms with E-state index in [-0.39, 0.29) is 0 Å². The van der Waals surface area contributed by atoms with E-state index in [2.05, 4.69) is 20.9 Å². The van der Waals surface area contributed by atoms with Crippen LogP contribution in [0.3, 0.4) is 0 Å². The Morgan fingerprint density at radius 2 is 2.00 bits per heavy atom. The molecular weight excluding hydrogens is 340 g/mol. The molecule has 0 bridgehead atoms. The zero-order chi connectivity index (χ0) is 13.9. The Kier molecular flexibility index (Phi) is 4.03. The molecule has 4 nitrogen and oxygen atoms in total. The first-order valence-electron chi connectivity index (χ1n) is 6.14. The third-order valence-electron chi connectivity index (χ3n) is 2.90. The fourth-order valence-corrected chi connectivity index (χ4v) is 3.47. The van der Waals surface area contributed by atoms with Crippen LogP contribution in [0, 0.1) is 0 Å². The van der Waals surface area contributed by atoms with Gasteiger partial charge in [-0.3, -0.25) is 4.98 Å². The molecule has 0 amide bonds. The third kappa shape index (κ3) is 2.86. The number of hydrogen-bond acceptors (Lipinski definition) is 5. The smallest absolute Gasteiger partial charge is 0.162 e. The third-order valence-corrected chi connectivity index (χ3v) is 4.78. The van der Waals surface area contributed by atoms with E-state index in [1.165, 1.54) is 0 Å². The van der Waals surface area contributed by atoms with Gasteiger partial charge >= 0.3 is 0 Å². The molecule has 0 fully saturated rings. The van der Waals surface area contributed by atoms with Crippen molar-refractivity contribution in [1.29, 1.82) is 0 Å². The van der Waals surface area contributed by atoms with E-state index in [9.17, 15) is 0 Å². The molecule has 0 aliphatic carbocycles. The SMILES string of the molecule is Nc1cnccc1SCc1cc2c(cc1Br)OCCO2. The summed E-state index contributed by atoms with van der Waals surface area (Å²) < 4.78 is 12.2. The van der Waals surface area contributed by atoms with Crippen molar-refractivity contribution in [3.8, 4) is 11.5 Å². The van der Waals surface area contributed by atoms with Crippen LogP contribution in [0.4, 0.5) is 5.69 Å². The molecule has 0 atom stereocenters. The summed E-state index contributed by atoms with van der Waals surface area (Å²) in [6, 6.07) is 5.90. The van der Waals surface area contributed by atoms with Gasteiger partial charge < -0.3 is 15.2 Å². The van der Waals surface area contributed by atoms with Crippen LogP contribution in [0.2, 0.25) is 0 Å². The van der Waals surface area contributed by atoms with Crippen LogP contribution in [0.5, 0.6) is 11.5 Å². The van der Waals surface area contributed by atoms with Crippen LogP contribution >= 0.6 is 27.7 Å². The minimum absolute atomic E-state index is 0.596. The molecule has 3 rings (SSSR count). The number of hydrogen-bond donors (Lipinski definition) is 1. The molecule has 0 radical (unpaired) electrons. The molecular formula is C14H13BrN2O2S. The Labute approximate surface area is 129 Å². The molecule has 2 aromatic rings. The van der Waals surface area contributed by atoms with Crippen molar-refractivity contribution in [2.75, 3.05) is 18.9 Å². The summed E-state index contributed by atoms with van der Waals surface area (Å²) in [7, 11) is 0. The Bertz CT molecular complexity index is 637. The first-order valence-corrected chi connectivity index (χ1v) is 7.92. The molecule has 1 aromatic heterocycles. The fourth-order valence-electron chi connectivity index (χ4n) is 1.90. The zero-order valence-electron chi connectivity index (χ0n) is 10.6. The van der Waals surface area contributed by atoms with E-state index in [0.717, 1.165) is 32.2 Å². The molecule has 1 aliphatic heterocycles. The van der Waals surface area contributed by atoms with Crippen molar-refractivity contribution < 1.29 is 9.47 Å². The number of anilines is 1. The second-order valence-corrected chi connectivity index (χ2v) is 6.16. The first kappa shape index (κ1) is 13.6. The van der Waals surface area contributed by atoms with Gasteiger partial charge in [0.2, 0.25) is 0 Å². The summed E-state index contributed by atoms with van der Waals surface area (Å²) in [4.78, 5) is 5.02. The number of nitrogens with zero attached hydrogens (tertiary/aromatic N) is 1. The van der Waals surface area contributed by atoms with Gasteiger partial charge in [-0.15, -0.1) is 11.8 Å². The number of fused-ring (bicyclic) bond motifs is 1. The summed E-state index contributed by atoms with van der Waals surface area (Å²) in [6.45, 7) is 1.19. The van der Waals surface area contributed by atoms with Crippen LogP contribution in [0.15, 0.2) is 40.0 Å². The highest BCUT2D eigenvalue weighted by Crippen LogP contribution is 2.38. The molecule has 1 aliphatic rings. The molecule has 0 saturated carbocycles. The lowest BCUT2D eigenvalue weighted by atomic mass is 10.2. The number of nitrogens with two attached hydrogens (primary N) is 1. The van der Waals surface area contributed by atoms with Gasteiger partial charge in [-0.2, -0.15) is 0 Å². The molecule has 0 unspecified atom stereocenters. The van der Waals surface area contributed by atoms with Gasteiger partial charge in [0.15, 0.2) is 11.5 Å². The van der Waals surface area contributed by atoms with Crippen molar-refractivity contribution in [3.05, 3.63) is 40.6 Å². The van der Waals surface area contributed by atoms with Crippen LogP contribution in [0.25, 0.3) is 0 Å². The molecule has 20 heavy (non-hydrogen) atoms. The molecule has 6 heteroatoms. The normalized spacial score (nSPS) is 13.2. The van der Waals surface area contributed by atoms with Gasteiger partial charge in [-0.05, 0) is 23.8 Å². The van der Waals surface area contributed by atoms with E-state index in [4.69, 9.17) is 15.2 Å². The average Bonchev–Trinajstić information content (AvgIpc) is 2.46. The number of pyridine rings is 1. The number of benzene rings is 1. The van der Waals surface area contributed by atoms with Gasteiger partial charge in [0, 0.05) is 21.3 Å². The highest BCUT2D eigenvalue weighted by molar-refractivity contribution is 9.10. The van der Waals surface area contributed by atoms with Crippen LogP contribution < -0.4 is 15.2 Å². The predicted molar refractivity (Wildman–Crippen MR) is 83.3 cm³/mol. The summed E-state index contributed by atoms with van der Waals surface area (Å²) in [6.07, 6.45) is 3.42. The van der Waals surface area contributed by atoms with Crippen LogP contribution in [-0.4, -0.2) is 18.2 Å². The maximum absolute atomic E-state index is 5.89. The second kappa shape index (κ2) is 5.93. The topological polar surface area (TPSA) is 57.4 Å². The average molecular weight is 353 g/mol. The highest BCUT2D eigenvalue weighted by atomic mass is 79.9. The maximum Gasteiger partial charge on any atom is 0.162 e. The van der Waals surface area contributed by atoms with E-state index >= 15 is 0 Å². The second-order valence-electron chi connectivity index (χ2n) is 4.29. The summed E-state index contributed by atoms with van der Waals surface area (Å²) >= 11 is 5.25. The quantitative estimate of drug-likeness (QED) is 0.856. The van der Waals surface area contributed by atoms with E-state index in [1.807, 2.05) is 18.2 Å². The molecule has 2 N–H and O–H groups in total. The lowest BCUT2D eigenvalue weighted by Gasteiger charge is -2.20. The summed E-state index contributed by atoms with van der Waals surface area (Å²) in [5.41, 5.74) is 7.74.